The fourth-order valence-electron chi connectivity index (χ4n) is 0.839. The summed E-state index contributed by atoms with van der Waals surface area (Å²) >= 11 is 1.68. The second-order valence-electron chi connectivity index (χ2n) is 4.79. The second kappa shape index (κ2) is 5.26. The summed E-state index contributed by atoms with van der Waals surface area (Å²) in [6.45, 7) is 10.4. The van der Waals surface area contributed by atoms with Gasteiger partial charge in [0.05, 0.1) is 0 Å². The minimum absolute atomic E-state index is 0.0378. The smallest absolute Gasteiger partial charge is 0.112 e. The Bertz CT molecular complexity index is 136. The van der Waals surface area contributed by atoms with Crippen molar-refractivity contribution in [3.8, 4) is 0 Å². The van der Waals surface area contributed by atoms with Gasteiger partial charge in [-0.15, -0.1) is 11.8 Å². The molecule has 0 saturated carbocycles. The van der Waals surface area contributed by atoms with Crippen LogP contribution in [0.4, 0.5) is 0 Å². The van der Waals surface area contributed by atoms with E-state index in [0.717, 1.165) is 5.75 Å². The third-order valence-corrected chi connectivity index (χ3v) is 4.19. The molecule has 0 radical (unpaired) electrons. The highest BCUT2D eigenvalue weighted by molar-refractivity contribution is 8.00. The van der Waals surface area contributed by atoms with Crippen molar-refractivity contribution < 1.29 is 5.11 Å². The molecule has 0 aliphatic rings. The Balaban J connectivity index is 3.77. The lowest BCUT2D eigenvalue weighted by atomic mass is 9.90. The van der Waals surface area contributed by atoms with Crippen LogP contribution in [0.3, 0.4) is 0 Å². The molecule has 2 heteroatoms. The highest BCUT2D eigenvalue weighted by Gasteiger charge is 2.35. The highest BCUT2D eigenvalue weighted by Crippen LogP contribution is 2.39. The molecule has 0 aromatic heterocycles. The predicted octanol–water partition coefficient (Wildman–Crippen LogP) is 3.66. The fraction of sp³-hybridized carbons (Fsp3) is 1.00. The molecular formula is C11H24OS. The zero-order valence-corrected chi connectivity index (χ0v) is 10.5. The second-order valence-corrected chi connectivity index (χ2v) is 6.28. The van der Waals surface area contributed by atoms with Crippen LogP contribution in [-0.4, -0.2) is 15.8 Å². The molecule has 1 N–H and O–H groups in total. The van der Waals surface area contributed by atoms with Gasteiger partial charge in [-0.2, -0.15) is 0 Å². The van der Waals surface area contributed by atoms with E-state index in [1.165, 1.54) is 19.3 Å². The summed E-state index contributed by atoms with van der Waals surface area (Å²) < 4.78 is 0. The molecule has 0 bridgehead atoms. The molecule has 80 valence electrons. The van der Waals surface area contributed by atoms with Crippen LogP contribution in [0.2, 0.25) is 0 Å². The zero-order valence-electron chi connectivity index (χ0n) is 9.68. The first-order valence-electron chi connectivity index (χ1n) is 5.17. The van der Waals surface area contributed by atoms with Crippen molar-refractivity contribution in [3.63, 3.8) is 0 Å². The highest BCUT2D eigenvalue weighted by atomic mass is 32.2. The van der Waals surface area contributed by atoms with E-state index < -0.39 is 4.93 Å². The molecule has 0 spiro atoms. The first-order valence-corrected chi connectivity index (χ1v) is 6.16. The quantitative estimate of drug-likeness (QED) is 0.545. The first-order chi connectivity index (χ1) is 5.81. The fourth-order valence-corrected chi connectivity index (χ4v) is 2.02. The van der Waals surface area contributed by atoms with Crippen molar-refractivity contribution in [3.05, 3.63) is 0 Å². The molecule has 0 aromatic carbocycles. The molecule has 0 amide bonds. The van der Waals surface area contributed by atoms with Crippen LogP contribution in [0.1, 0.15) is 53.9 Å². The molecular weight excluding hydrogens is 180 g/mol. The molecule has 0 aliphatic carbocycles. The average molecular weight is 204 g/mol. The van der Waals surface area contributed by atoms with E-state index in [9.17, 15) is 5.11 Å². The number of thioether (sulfide) groups is 1. The van der Waals surface area contributed by atoms with Crippen LogP contribution in [0.25, 0.3) is 0 Å². The van der Waals surface area contributed by atoms with Crippen LogP contribution < -0.4 is 0 Å². The molecule has 0 rings (SSSR count). The molecule has 13 heavy (non-hydrogen) atoms. The minimum atomic E-state index is -0.596. The lowest BCUT2D eigenvalue weighted by molar-refractivity contribution is 0.0453. The number of rotatable bonds is 5. The average Bonchev–Trinajstić information content (AvgIpc) is 1.96. The largest absolute Gasteiger partial charge is 0.379 e. The third kappa shape index (κ3) is 4.92. The van der Waals surface area contributed by atoms with Gasteiger partial charge in [0.15, 0.2) is 0 Å². The van der Waals surface area contributed by atoms with Gasteiger partial charge in [-0.3, -0.25) is 0 Å². The van der Waals surface area contributed by atoms with E-state index in [1.54, 1.807) is 11.8 Å². The number of aliphatic hydroxyl groups is 1. The Kier molecular flexibility index (Phi) is 5.38. The van der Waals surface area contributed by atoms with Gasteiger partial charge in [-0.05, 0) is 24.5 Å². The number of unbranched alkanes of at least 4 members (excludes halogenated alkanes) is 2. The van der Waals surface area contributed by atoms with E-state index in [0.29, 0.717) is 0 Å². The van der Waals surface area contributed by atoms with Gasteiger partial charge in [0.1, 0.15) is 4.93 Å². The molecule has 1 unspecified atom stereocenters. The van der Waals surface area contributed by atoms with E-state index in [4.69, 9.17) is 0 Å². The van der Waals surface area contributed by atoms with Crippen molar-refractivity contribution in [1.29, 1.82) is 0 Å². The van der Waals surface area contributed by atoms with Gasteiger partial charge in [-0.25, -0.2) is 0 Å². The van der Waals surface area contributed by atoms with E-state index in [-0.39, 0.29) is 5.41 Å². The Hall–Kier alpha value is 0.310. The van der Waals surface area contributed by atoms with E-state index in [1.807, 2.05) is 6.92 Å². The lowest BCUT2D eigenvalue weighted by Gasteiger charge is -2.36. The minimum Gasteiger partial charge on any atom is -0.379 e. The van der Waals surface area contributed by atoms with Crippen LogP contribution >= 0.6 is 11.8 Å². The predicted molar refractivity (Wildman–Crippen MR) is 62.1 cm³/mol. The van der Waals surface area contributed by atoms with Gasteiger partial charge in [-0.1, -0.05) is 40.5 Å². The first kappa shape index (κ1) is 13.3. The SMILES string of the molecule is CCCCCSC(C)(O)C(C)(C)C. The Morgan fingerprint density at radius 1 is 1.08 bits per heavy atom. The maximum Gasteiger partial charge on any atom is 0.112 e. The van der Waals surface area contributed by atoms with Gasteiger partial charge in [0.2, 0.25) is 0 Å². The van der Waals surface area contributed by atoms with Crippen LogP contribution in [0.5, 0.6) is 0 Å². The molecule has 1 nitrogen and oxygen atoms in total. The van der Waals surface area contributed by atoms with Gasteiger partial charge < -0.3 is 5.11 Å². The van der Waals surface area contributed by atoms with Crippen molar-refractivity contribution in [2.24, 2.45) is 5.41 Å². The van der Waals surface area contributed by atoms with Gasteiger partial charge in [0.25, 0.3) is 0 Å². The molecule has 0 heterocycles. The van der Waals surface area contributed by atoms with Gasteiger partial charge >= 0.3 is 0 Å². The summed E-state index contributed by atoms with van der Waals surface area (Å²) in [7, 11) is 0. The van der Waals surface area contributed by atoms with Crippen LogP contribution in [-0.2, 0) is 0 Å². The molecule has 0 fully saturated rings. The monoisotopic (exact) mass is 204 g/mol. The van der Waals surface area contributed by atoms with Crippen molar-refractivity contribution in [2.75, 3.05) is 5.75 Å². The summed E-state index contributed by atoms with van der Waals surface area (Å²) in [5.74, 6) is 1.07. The number of hydrogen-bond acceptors (Lipinski definition) is 2. The normalized spacial score (nSPS) is 17.1. The molecule has 0 saturated heterocycles. The summed E-state index contributed by atoms with van der Waals surface area (Å²) in [5, 5.41) is 10.1. The lowest BCUT2D eigenvalue weighted by Crippen LogP contribution is -2.36. The maximum atomic E-state index is 10.1. The summed E-state index contributed by atoms with van der Waals surface area (Å²) in [6.07, 6.45) is 3.73. The topological polar surface area (TPSA) is 20.2 Å². The maximum absolute atomic E-state index is 10.1. The van der Waals surface area contributed by atoms with E-state index >= 15 is 0 Å². The number of hydrogen-bond donors (Lipinski definition) is 1. The summed E-state index contributed by atoms with van der Waals surface area (Å²) in [6, 6.07) is 0. The molecule has 1 atom stereocenters. The van der Waals surface area contributed by atoms with E-state index in [2.05, 4.69) is 27.7 Å². The van der Waals surface area contributed by atoms with Gasteiger partial charge in [0, 0.05) is 0 Å². The molecule has 0 aliphatic heterocycles. The van der Waals surface area contributed by atoms with Crippen molar-refractivity contribution >= 4 is 11.8 Å². The summed E-state index contributed by atoms with van der Waals surface area (Å²) in [4.78, 5) is -0.596. The van der Waals surface area contributed by atoms with Crippen LogP contribution in [0.15, 0.2) is 0 Å². The molecule has 0 aromatic rings. The van der Waals surface area contributed by atoms with Crippen molar-refractivity contribution in [2.45, 2.75) is 58.8 Å². The Morgan fingerprint density at radius 3 is 2.00 bits per heavy atom. The zero-order chi connectivity index (χ0) is 10.5. The van der Waals surface area contributed by atoms with Crippen molar-refractivity contribution in [1.82, 2.24) is 0 Å². The Labute approximate surface area is 87.3 Å². The standard InChI is InChI=1S/C11H24OS/c1-6-7-8-9-13-11(5,12)10(2,3)4/h12H,6-9H2,1-5H3. The summed E-state index contributed by atoms with van der Waals surface area (Å²) in [5.41, 5.74) is -0.0378. The third-order valence-electron chi connectivity index (χ3n) is 2.52. The Morgan fingerprint density at radius 2 is 1.62 bits per heavy atom. The van der Waals surface area contributed by atoms with Crippen LogP contribution in [0, 0.1) is 5.41 Å².